The van der Waals surface area contributed by atoms with Crippen LogP contribution in [0.1, 0.15) is 18.4 Å². The Morgan fingerprint density at radius 3 is 3.10 bits per heavy atom. The van der Waals surface area contributed by atoms with E-state index in [1.54, 1.807) is 24.1 Å². The zero-order valence-corrected chi connectivity index (χ0v) is 12.9. The number of urea groups is 1. The van der Waals surface area contributed by atoms with Gasteiger partial charge in [0.05, 0.1) is 7.11 Å². The van der Waals surface area contributed by atoms with Gasteiger partial charge in [0.1, 0.15) is 5.75 Å². The topological polar surface area (TPSA) is 61.8 Å². The average molecular weight is 313 g/mol. The van der Waals surface area contributed by atoms with E-state index in [1.165, 1.54) is 0 Å². The summed E-state index contributed by atoms with van der Waals surface area (Å²) in [7, 11) is 1.58. The van der Waals surface area contributed by atoms with Gasteiger partial charge < -0.3 is 20.1 Å². The second-order valence-electron chi connectivity index (χ2n) is 5.25. The van der Waals surface area contributed by atoms with E-state index in [1.807, 2.05) is 6.07 Å². The van der Waals surface area contributed by atoms with Crippen LogP contribution in [0.4, 0.5) is 4.79 Å². The van der Waals surface area contributed by atoms with Crippen LogP contribution in [0.5, 0.6) is 5.75 Å². The van der Waals surface area contributed by atoms with Crippen LogP contribution < -0.4 is 10.1 Å². The number of carbonyl (C=O) groups is 1. The molecule has 2 amide bonds. The minimum Gasteiger partial charge on any atom is -0.496 e. The Balaban J connectivity index is 1.92. The van der Waals surface area contributed by atoms with Crippen LogP contribution in [0.3, 0.4) is 0 Å². The smallest absolute Gasteiger partial charge is 0.317 e. The van der Waals surface area contributed by atoms with E-state index in [0.717, 1.165) is 24.9 Å². The summed E-state index contributed by atoms with van der Waals surface area (Å²) in [6, 6.07) is 5.24. The van der Waals surface area contributed by atoms with Crippen molar-refractivity contribution in [1.82, 2.24) is 10.2 Å². The van der Waals surface area contributed by atoms with Crippen molar-refractivity contribution in [1.29, 1.82) is 0 Å². The summed E-state index contributed by atoms with van der Waals surface area (Å²) in [5, 5.41) is 12.7. The van der Waals surface area contributed by atoms with Crippen molar-refractivity contribution in [2.75, 3.05) is 26.8 Å². The van der Waals surface area contributed by atoms with Gasteiger partial charge in [-0.05, 0) is 30.9 Å². The maximum atomic E-state index is 12.2. The summed E-state index contributed by atoms with van der Waals surface area (Å²) in [6.07, 6.45) is 1.91. The van der Waals surface area contributed by atoms with Crippen LogP contribution in [-0.4, -0.2) is 42.8 Å². The molecule has 1 aliphatic heterocycles. The lowest BCUT2D eigenvalue weighted by Crippen LogP contribution is -2.45. The number of rotatable bonds is 4. The molecule has 0 bridgehead atoms. The largest absolute Gasteiger partial charge is 0.496 e. The molecule has 0 spiro atoms. The van der Waals surface area contributed by atoms with Gasteiger partial charge in [0.2, 0.25) is 0 Å². The number of halogens is 1. The highest BCUT2D eigenvalue weighted by Gasteiger charge is 2.23. The molecule has 1 aromatic carbocycles. The second kappa shape index (κ2) is 7.52. The molecule has 1 aromatic rings. The molecule has 0 saturated carbocycles. The zero-order valence-electron chi connectivity index (χ0n) is 12.1. The van der Waals surface area contributed by atoms with Crippen LogP contribution in [0.25, 0.3) is 0 Å². The van der Waals surface area contributed by atoms with Crippen LogP contribution in [0.15, 0.2) is 18.2 Å². The summed E-state index contributed by atoms with van der Waals surface area (Å²) in [6.45, 7) is 1.87. The summed E-state index contributed by atoms with van der Waals surface area (Å²) in [4.78, 5) is 13.9. The fraction of sp³-hybridized carbons (Fsp3) is 0.533. The van der Waals surface area contributed by atoms with E-state index < -0.39 is 0 Å². The molecule has 2 N–H and O–H groups in total. The quantitative estimate of drug-likeness (QED) is 0.896. The Morgan fingerprint density at radius 2 is 2.38 bits per heavy atom. The minimum absolute atomic E-state index is 0.106. The molecule has 21 heavy (non-hydrogen) atoms. The van der Waals surface area contributed by atoms with Gasteiger partial charge >= 0.3 is 6.03 Å². The third-order valence-corrected chi connectivity index (χ3v) is 3.98. The number of piperidine rings is 1. The first kappa shape index (κ1) is 15.9. The van der Waals surface area contributed by atoms with E-state index in [9.17, 15) is 9.90 Å². The average Bonchev–Trinajstić information content (AvgIpc) is 2.53. The molecular weight excluding hydrogens is 292 g/mol. The van der Waals surface area contributed by atoms with Crippen molar-refractivity contribution in [3.05, 3.63) is 28.8 Å². The van der Waals surface area contributed by atoms with Gasteiger partial charge in [-0.15, -0.1) is 0 Å². The van der Waals surface area contributed by atoms with E-state index in [-0.39, 0.29) is 18.6 Å². The highest BCUT2D eigenvalue weighted by Crippen LogP contribution is 2.23. The molecule has 2 rings (SSSR count). The number of benzene rings is 1. The fourth-order valence-electron chi connectivity index (χ4n) is 2.55. The predicted octanol–water partition coefficient (Wildman–Crippen LogP) is 2.26. The Bertz CT molecular complexity index is 496. The van der Waals surface area contributed by atoms with Crippen LogP contribution in [0, 0.1) is 5.92 Å². The number of ether oxygens (including phenoxy) is 1. The molecule has 1 heterocycles. The van der Waals surface area contributed by atoms with Gasteiger partial charge in [-0.1, -0.05) is 17.7 Å². The Kier molecular flexibility index (Phi) is 5.70. The molecule has 0 radical (unpaired) electrons. The first-order valence-corrected chi connectivity index (χ1v) is 7.48. The standard InChI is InChI=1S/C15H21ClN2O3/c1-21-14-7-13(16)5-4-12(14)8-17-15(20)18-6-2-3-11(9-18)10-19/h4-5,7,11,19H,2-3,6,8-10H2,1H3,(H,17,20). The lowest BCUT2D eigenvalue weighted by atomic mass is 9.99. The number of aliphatic hydroxyl groups is 1. The summed E-state index contributed by atoms with van der Waals surface area (Å²) >= 11 is 5.91. The van der Waals surface area contributed by atoms with Gasteiger partial charge in [0.15, 0.2) is 0 Å². The first-order valence-electron chi connectivity index (χ1n) is 7.10. The van der Waals surface area contributed by atoms with Crippen LogP contribution in [-0.2, 0) is 6.54 Å². The number of likely N-dealkylation sites (tertiary alicyclic amines) is 1. The number of carbonyl (C=O) groups excluding carboxylic acids is 1. The predicted molar refractivity (Wildman–Crippen MR) is 81.6 cm³/mol. The molecule has 0 aliphatic carbocycles. The molecule has 1 aliphatic rings. The molecule has 5 nitrogen and oxygen atoms in total. The van der Waals surface area contributed by atoms with Gasteiger partial charge in [0.25, 0.3) is 0 Å². The normalized spacial score (nSPS) is 18.4. The van der Waals surface area contributed by atoms with E-state index in [0.29, 0.717) is 23.9 Å². The van der Waals surface area contributed by atoms with E-state index >= 15 is 0 Å². The molecule has 6 heteroatoms. The Hall–Kier alpha value is -1.46. The Labute approximate surface area is 129 Å². The maximum absolute atomic E-state index is 12.2. The molecule has 116 valence electrons. The van der Waals surface area contributed by atoms with Crippen molar-refractivity contribution < 1.29 is 14.6 Å². The number of nitrogens with one attached hydrogen (secondary N) is 1. The van der Waals surface area contributed by atoms with Crippen molar-refractivity contribution in [2.45, 2.75) is 19.4 Å². The molecular formula is C15H21ClN2O3. The number of amides is 2. The Morgan fingerprint density at radius 1 is 1.57 bits per heavy atom. The molecule has 1 fully saturated rings. The number of hydrogen-bond acceptors (Lipinski definition) is 3. The van der Waals surface area contributed by atoms with Crippen molar-refractivity contribution >= 4 is 17.6 Å². The maximum Gasteiger partial charge on any atom is 0.317 e. The number of aliphatic hydroxyl groups excluding tert-OH is 1. The summed E-state index contributed by atoms with van der Waals surface area (Å²) < 4.78 is 5.26. The van der Waals surface area contributed by atoms with Gasteiger partial charge in [-0.3, -0.25) is 0 Å². The lowest BCUT2D eigenvalue weighted by Gasteiger charge is -2.31. The SMILES string of the molecule is COc1cc(Cl)ccc1CNC(=O)N1CCCC(CO)C1. The molecule has 0 aromatic heterocycles. The van der Waals surface area contributed by atoms with Crippen molar-refractivity contribution in [3.63, 3.8) is 0 Å². The second-order valence-corrected chi connectivity index (χ2v) is 5.69. The third-order valence-electron chi connectivity index (χ3n) is 3.74. The highest BCUT2D eigenvalue weighted by atomic mass is 35.5. The zero-order chi connectivity index (χ0) is 15.2. The van der Waals surface area contributed by atoms with Crippen molar-refractivity contribution in [2.24, 2.45) is 5.92 Å². The number of nitrogens with zero attached hydrogens (tertiary/aromatic N) is 1. The molecule has 1 unspecified atom stereocenters. The highest BCUT2D eigenvalue weighted by molar-refractivity contribution is 6.30. The number of methoxy groups -OCH3 is 1. The van der Waals surface area contributed by atoms with Gasteiger partial charge in [0, 0.05) is 36.8 Å². The fourth-order valence-corrected chi connectivity index (χ4v) is 2.71. The third kappa shape index (κ3) is 4.25. The number of hydrogen-bond donors (Lipinski definition) is 2. The minimum atomic E-state index is -0.106. The summed E-state index contributed by atoms with van der Waals surface area (Å²) in [5.74, 6) is 0.851. The molecule has 1 atom stereocenters. The van der Waals surface area contributed by atoms with E-state index in [4.69, 9.17) is 16.3 Å². The monoisotopic (exact) mass is 312 g/mol. The van der Waals surface area contributed by atoms with E-state index in [2.05, 4.69) is 5.32 Å². The van der Waals surface area contributed by atoms with Crippen molar-refractivity contribution in [3.8, 4) is 5.75 Å². The van der Waals surface area contributed by atoms with Gasteiger partial charge in [-0.25, -0.2) is 4.79 Å². The lowest BCUT2D eigenvalue weighted by molar-refractivity contribution is 0.129. The first-order chi connectivity index (χ1) is 10.1. The van der Waals surface area contributed by atoms with Gasteiger partial charge in [-0.2, -0.15) is 0 Å². The van der Waals surface area contributed by atoms with Crippen LogP contribution in [0.2, 0.25) is 5.02 Å². The van der Waals surface area contributed by atoms with Crippen LogP contribution >= 0.6 is 11.6 Å². The summed E-state index contributed by atoms with van der Waals surface area (Å²) in [5.41, 5.74) is 0.881. The molecule has 1 saturated heterocycles.